The molecule has 6 unspecified atom stereocenters. The molecule has 1 nitrogen and oxygen atoms in total. The molecule has 0 spiro atoms. The van der Waals surface area contributed by atoms with Crippen LogP contribution in [0.25, 0.3) is 0 Å². The molecule has 8 atom stereocenters. The summed E-state index contributed by atoms with van der Waals surface area (Å²) >= 11 is 0. The van der Waals surface area contributed by atoms with E-state index >= 15 is 0 Å². The molecule has 186 valence electrons. The van der Waals surface area contributed by atoms with Gasteiger partial charge in [-0.05, 0) is 115 Å². The topological polar surface area (TPSA) is 20.2 Å². The molecule has 0 saturated heterocycles. The Kier molecular flexibility index (Phi) is 7.19. The van der Waals surface area contributed by atoms with Crippen LogP contribution in [-0.2, 0) is 6.42 Å². The zero-order chi connectivity index (χ0) is 24.0. The first-order valence-corrected chi connectivity index (χ1v) is 13.9. The van der Waals surface area contributed by atoms with Crippen molar-refractivity contribution in [3.63, 3.8) is 0 Å². The number of hydrogen-bond donors (Lipinski definition) is 1. The molecule has 0 aromatic heterocycles. The highest BCUT2D eigenvalue weighted by Crippen LogP contribution is 2.69. The van der Waals surface area contributed by atoms with E-state index in [2.05, 4.69) is 20.8 Å². The Balaban J connectivity index is 0.00000126. The smallest absolute Gasteiger partial charge is 0.187 e. The van der Waals surface area contributed by atoms with Gasteiger partial charge in [0.1, 0.15) is 0 Å². The second-order valence-corrected chi connectivity index (χ2v) is 12.1. The van der Waals surface area contributed by atoms with Gasteiger partial charge in [-0.1, -0.05) is 53.9 Å². The first-order valence-electron chi connectivity index (χ1n) is 13.9. The lowest BCUT2D eigenvalue weighted by atomic mass is 9.42. The largest absolute Gasteiger partial charge is 0.503 e. The summed E-state index contributed by atoms with van der Waals surface area (Å²) in [6, 6.07) is 2.70. The standard InChI is InChI=1S/C28H40F2O.C2H6/c1-4-18-16-20-22-9-8-19(13-17-14-24(29)26(31)25(30)15-17)27(22,2)12-10-23(20)28(3)11-6-5-7-21(18)28;1-2/h14-15,18-23,31H,4-13,16H2,1-3H3;1-2H3/t18-,19?,20?,21?,22?,23-,27?,28?;/m0./s1. The van der Waals surface area contributed by atoms with Gasteiger partial charge in [-0.15, -0.1) is 0 Å². The number of benzene rings is 1. The summed E-state index contributed by atoms with van der Waals surface area (Å²) in [6.45, 7) is 11.6. The number of halogens is 2. The van der Waals surface area contributed by atoms with Gasteiger partial charge >= 0.3 is 0 Å². The molecule has 33 heavy (non-hydrogen) atoms. The molecule has 3 heteroatoms. The zero-order valence-corrected chi connectivity index (χ0v) is 21.6. The fourth-order valence-electron chi connectivity index (χ4n) is 9.48. The van der Waals surface area contributed by atoms with Crippen LogP contribution in [0.3, 0.4) is 0 Å². The molecule has 1 N–H and O–H groups in total. The number of phenols is 1. The first-order chi connectivity index (χ1) is 15.8. The minimum atomic E-state index is -0.845. The van der Waals surface area contributed by atoms with Crippen molar-refractivity contribution in [2.45, 2.75) is 105 Å². The van der Waals surface area contributed by atoms with Crippen molar-refractivity contribution < 1.29 is 13.9 Å². The Bertz CT molecular complexity index is 814. The van der Waals surface area contributed by atoms with Gasteiger partial charge in [0.25, 0.3) is 0 Å². The van der Waals surface area contributed by atoms with E-state index in [9.17, 15) is 13.9 Å². The summed E-state index contributed by atoms with van der Waals surface area (Å²) in [4.78, 5) is 0. The third kappa shape index (κ3) is 4.04. The van der Waals surface area contributed by atoms with Gasteiger partial charge in [-0.25, -0.2) is 8.78 Å². The summed E-state index contributed by atoms with van der Waals surface area (Å²) in [5.74, 6) is 2.27. The van der Waals surface area contributed by atoms with Gasteiger partial charge in [0.05, 0.1) is 0 Å². The summed E-state index contributed by atoms with van der Waals surface area (Å²) in [6.07, 6.45) is 14.2. The second-order valence-electron chi connectivity index (χ2n) is 12.1. The minimum Gasteiger partial charge on any atom is -0.503 e. The van der Waals surface area contributed by atoms with E-state index in [-0.39, 0.29) is 5.41 Å². The van der Waals surface area contributed by atoms with Gasteiger partial charge in [-0.3, -0.25) is 0 Å². The molecular formula is C30H46F2O. The number of rotatable bonds is 3. The van der Waals surface area contributed by atoms with Crippen molar-refractivity contribution >= 4 is 0 Å². The number of fused-ring (bicyclic) bond motifs is 5. The third-order valence-corrected chi connectivity index (χ3v) is 11.0. The maximum Gasteiger partial charge on any atom is 0.187 e. The summed E-state index contributed by atoms with van der Waals surface area (Å²) in [7, 11) is 0. The Hall–Kier alpha value is -1.12. The molecule has 4 aliphatic carbocycles. The van der Waals surface area contributed by atoms with Crippen LogP contribution in [0.1, 0.15) is 104 Å². The lowest BCUT2D eigenvalue weighted by Gasteiger charge is -2.62. The Labute approximate surface area is 200 Å². The van der Waals surface area contributed by atoms with Crippen LogP contribution in [0.4, 0.5) is 8.78 Å². The number of hydrogen-bond acceptors (Lipinski definition) is 1. The van der Waals surface area contributed by atoms with Gasteiger partial charge in [-0.2, -0.15) is 0 Å². The molecular weight excluding hydrogens is 414 g/mol. The van der Waals surface area contributed by atoms with Crippen LogP contribution >= 0.6 is 0 Å². The SMILES string of the molecule is CC.CC[C@H]1CC2C3CCC(Cc4cc(F)c(O)c(F)c4)C3(C)CC[C@@H]2C2(C)CCCCC12. The van der Waals surface area contributed by atoms with Crippen LogP contribution in [-0.4, -0.2) is 5.11 Å². The summed E-state index contributed by atoms with van der Waals surface area (Å²) < 4.78 is 27.9. The van der Waals surface area contributed by atoms with Gasteiger partial charge < -0.3 is 5.11 Å². The van der Waals surface area contributed by atoms with Crippen LogP contribution in [0, 0.1) is 58.0 Å². The highest BCUT2D eigenvalue weighted by Gasteiger charge is 2.61. The maximum absolute atomic E-state index is 14.0. The van der Waals surface area contributed by atoms with Crippen LogP contribution in [0.15, 0.2) is 12.1 Å². The maximum atomic E-state index is 14.0. The van der Waals surface area contributed by atoms with Gasteiger partial charge in [0.15, 0.2) is 17.4 Å². The molecule has 0 bridgehead atoms. The summed E-state index contributed by atoms with van der Waals surface area (Å²) in [5.41, 5.74) is 1.52. The zero-order valence-electron chi connectivity index (χ0n) is 21.6. The highest BCUT2D eigenvalue weighted by molar-refractivity contribution is 5.30. The molecule has 0 aliphatic heterocycles. The van der Waals surface area contributed by atoms with E-state index in [0.717, 1.165) is 36.0 Å². The van der Waals surface area contributed by atoms with E-state index in [0.29, 0.717) is 16.9 Å². The fourth-order valence-corrected chi connectivity index (χ4v) is 9.48. The van der Waals surface area contributed by atoms with Gasteiger partial charge in [0.2, 0.25) is 0 Å². The molecule has 0 heterocycles. The average Bonchev–Trinajstić information content (AvgIpc) is 3.14. The van der Waals surface area contributed by atoms with Crippen molar-refractivity contribution in [1.29, 1.82) is 0 Å². The molecule has 0 radical (unpaired) electrons. The van der Waals surface area contributed by atoms with Crippen LogP contribution in [0.2, 0.25) is 0 Å². The first kappa shape index (κ1) is 25.0. The highest BCUT2D eigenvalue weighted by atomic mass is 19.1. The molecule has 0 amide bonds. The third-order valence-electron chi connectivity index (χ3n) is 11.0. The van der Waals surface area contributed by atoms with E-state index in [1.54, 1.807) is 0 Å². The van der Waals surface area contributed by atoms with Crippen molar-refractivity contribution in [3.05, 3.63) is 29.3 Å². The number of phenolic OH excluding ortho intramolecular Hbond substituents is 1. The predicted molar refractivity (Wildman–Crippen MR) is 132 cm³/mol. The predicted octanol–water partition coefficient (Wildman–Crippen LogP) is 8.92. The van der Waals surface area contributed by atoms with Crippen molar-refractivity contribution in [3.8, 4) is 5.75 Å². The van der Waals surface area contributed by atoms with E-state index in [4.69, 9.17) is 0 Å². The van der Waals surface area contributed by atoms with E-state index in [1.807, 2.05) is 13.8 Å². The quantitative estimate of drug-likeness (QED) is 0.477. The minimum absolute atomic E-state index is 0.280. The lowest BCUT2D eigenvalue weighted by molar-refractivity contribution is -0.135. The van der Waals surface area contributed by atoms with Crippen LogP contribution < -0.4 is 0 Å². The van der Waals surface area contributed by atoms with Crippen molar-refractivity contribution in [2.75, 3.05) is 0 Å². The number of aromatic hydroxyl groups is 1. The monoisotopic (exact) mass is 460 g/mol. The van der Waals surface area contributed by atoms with E-state index < -0.39 is 17.4 Å². The molecule has 4 fully saturated rings. The van der Waals surface area contributed by atoms with Crippen molar-refractivity contribution in [2.24, 2.45) is 46.3 Å². The molecule has 4 aliphatic rings. The van der Waals surface area contributed by atoms with Crippen molar-refractivity contribution in [1.82, 2.24) is 0 Å². The second kappa shape index (κ2) is 9.50. The molecule has 5 rings (SSSR count). The van der Waals surface area contributed by atoms with Gasteiger partial charge in [0, 0.05) is 0 Å². The lowest BCUT2D eigenvalue weighted by Crippen LogP contribution is -2.55. The molecule has 4 saturated carbocycles. The Morgan fingerprint density at radius 3 is 2.21 bits per heavy atom. The Morgan fingerprint density at radius 1 is 0.879 bits per heavy atom. The summed E-state index contributed by atoms with van der Waals surface area (Å²) in [5, 5.41) is 9.48. The normalized spacial score (nSPS) is 41.9. The van der Waals surface area contributed by atoms with Crippen LogP contribution in [0.5, 0.6) is 5.75 Å². The fraction of sp³-hybridized carbons (Fsp3) is 0.800. The average molecular weight is 461 g/mol. The molecule has 1 aromatic rings. The van der Waals surface area contributed by atoms with E-state index in [1.165, 1.54) is 76.3 Å². The Morgan fingerprint density at radius 2 is 1.55 bits per heavy atom. The molecule has 1 aromatic carbocycles.